The van der Waals surface area contributed by atoms with Gasteiger partial charge in [0.1, 0.15) is 0 Å². The SMILES string of the molecule is CCN(CC)S(=O)(=O)N[C@H](C)c1ccc(OC)c(F)c1. The zero-order chi connectivity index (χ0) is 15.3. The maximum Gasteiger partial charge on any atom is 0.279 e. The van der Waals surface area contributed by atoms with Crippen molar-refractivity contribution in [3.8, 4) is 5.75 Å². The van der Waals surface area contributed by atoms with Crippen molar-refractivity contribution in [2.45, 2.75) is 26.8 Å². The number of methoxy groups -OCH3 is 1. The molecule has 0 amide bonds. The molecule has 0 aliphatic rings. The van der Waals surface area contributed by atoms with Gasteiger partial charge in [0.05, 0.1) is 7.11 Å². The molecule has 1 atom stereocenters. The van der Waals surface area contributed by atoms with Gasteiger partial charge in [-0.25, -0.2) is 4.39 Å². The highest BCUT2D eigenvalue weighted by atomic mass is 32.2. The van der Waals surface area contributed by atoms with Crippen LogP contribution in [0.4, 0.5) is 4.39 Å². The van der Waals surface area contributed by atoms with Gasteiger partial charge in [0.25, 0.3) is 10.2 Å². The second-order valence-corrected chi connectivity index (χ2v) is 6.03. The van der Waals surface area contributed by atoms with Crippen molar-refractivity contribution in [1.29, 1.82) is 0 Å². The fraction of sp³-hybridized carbons (Fsp3) is 0.538. The van der Waals surface area contributed by atoms with Gasteiger partial charge in [-0.3, -0.25) is 0 Å². The summed E-state index contributed by atoms with van der Waals surface area (Å²) in [6.45, 7) is 5.97. The molecule has 0 unspecified atom stereocenters. The molecule has 0 heterocycles. The van der Waals surface area contributed by atoms with Crippen LogP contribution in [-0.4, -0.2) is 32.9 Å². The van der Waals surface area contributed by atoms with Crippen LogP contribution in [0.3, 0.4) is 0 Å². The van der Waals surface area contributed by atoms with Crippen molar-refractivity contribution in [1.82, 2.24) is 9.03 Å². The summed E-state index contributed by atoms with van der Waals surface area (Å²) < 4.78 is 46.5. The van der Waals surface area contributed by atoms with E-state index in [0.717, 1.165) is 0 Å². The van der Waals surface area contributed by atoms with Crippen LogP contribution in [0.15, 0.2) is 18.2 Å². The Kier molecular flexibility index (Phi) is 5.91. The number of hydrogen-bond donors (Lipinski definition) is 1. The molecule has 0 aliphatic carbocycles. The van der Waals surface area contributed by atoms with E-state index < -0.39 is 22.1 Å². The minimum absolute atomic E-state index is 0.132. The molecule has 0 radical (unpaired) electrons. The highest BCUT2D eigenvalue weighted by molar-refractivity contribution is 7.87. The summed E-state index contributed by atoms with van der Waals surface area (Å²) in [5, 5.41) is 0. The number of nitrogens with zero attached hydrogens (tertiary/aromatic N) is 1. The molecular weight excluding hydrogens is 283 g/mol. The van der Waals surface area contributed by atoms with Crippen molar-refractivity contribution in [3.05, 3.63) is 29.6 Å². The summed E-state index contributed by atoms with van der Waals surface area (Å²) in [5.74, 6) is -0.383. The second kappa shape index (κ2) is 7.01. The van der Waals surface area contributed by atoms with Gasteiger partial charge < -0.3 is 4.74 Å². The highest BCUT2D eigenvalue weighted by Crippen LogP contribution is 2.22. The van der Waals surface area contributed by atoms with E-state index in [1.807, 2.05) is 0 Å². The van der Waals surface area contributed by atoms with Crippen LogP contribution in [0.25, 0.3) is 0 Å². The third kappa shape index (κ3) is 3.91. The third-order valence-corrected chi connectivity index (χ3v) is 4.89. The Labute approximate surface area is 119 Å². The average molecular weight is 304 g/mol. The van der Waals surface area contributed by atoms with Gasteiger partial charge in [0, 0.05) is 19.1 Å². The van der Waals surface area contributed by atoms with E-state index in [0.29, 0.717) is 18.7 Å². The molecule has 0 spiro atoms. The van der Waals surface area contributed by atoms with Gasteiger partial charge in [-0.15, -0.1) is 0 Å². The van der Waals surface area contributed by atoms with Crippen molar-refractivity contribution in [2.24, 2.45) is 0 Å². The number of rotatable bonds is 7. The first-order valence-electron chi connectivity index (χ1n) is 6.46. The largest absolute Gasteiger partial charge is 0.494 e. The maximum atomic E-state index is 13.6. The fourth-order valence-corrected chi connectivity index (χ4v) is 3.29. The molecule has 0 saturated carbocycles. The van der Waals surface area contributed by atoms with Crippen LogP contribution in [0.5, 0.6) is 5.75 Å². The standard InChI is InChI=1S/C13H21FN2O3S/c1-5-16(6-2)20(17,18)15-10(3)11-7-8-13(19-4)12(14)9-11/h7-10,15H,5-6H2,1-4H3/t10-/m1/s1. The zero-order valence-corrected chi connectivity index (χ0v) is 13.0. The lowest BCUT2D eigenvalue weighted by molar-refractivity contribution is 0.385. The first-order valence-corrected chi connectivity index (χ1v) is 7.90. The van der Waals surface area contributed by atoms with Gasteiger partial charge in [0.2, 0.25) is 0 Å². The average Bonchev–Trinajstić information content (AvgIpc) is 2.39. The van der Waals surface area contributed by atoms with Crippen LogP contribution in [-0.2, 0) is 10.2 Å². The van der Waals surface area contributed by atoms with Crippen LogP contribution in [0, 0.1) is 5.82 Å². The quantitative estimate of drug-likeness (QED) is 0.839. The van der Waals surface area contributed by atoms with Crippen molar-refractivity contribution < 1.29 is 17.5 Å². The Morgan fingerprint density at radius 2 is 1.95 bits per heavy atom. The smallest absolute Gasteiger partial charge is 0.279 e. The molecule has 0 aliphatic heterocycles. The predicted molar refractivity (Wildman–Crippen MR) is 76.3 cm³/mol. The molecular formula is C13H21FN2O3S. The molecule has 5 nitrogen and oxygen atoms in total. The normalized spacial score (nSPS) is 13.5. The van der Waals surface area contributed by atoms with Gasteiger partial charge in [-0.2, -0.15) is 17.4 Å². The monoisotopic (exact) mass is 304 g/mol. The lowest BCUT2D eigenvalue weighted by Crippen LogP contribution is -2.41. The van der Waals surface area contributed by atoms with Gasteiger partial charge in [-0.1, -0.05) is 19.9 Å². The number of hydrogen-bond acceptors (Lipinski definition) is 3. The van der Waals surface area contributed by atoms with E-state index in [2.05, 4.69) is 4.72 Å². The van der Waals surface area contributed by atoms with E-state index in [4.69, 9.17) is 4.74 Å². The molecule has 0 aromatic heterocycles. The lowest BCUT2D eigenvalue weighted by Gasteiger charge is -2.22. The topological polar surface area (TPSA) is 58.6 Å². The second-order valence-electron chi connectivity index (χ2n) is 4.32. The predicted octanol–water partition coefficient (Wildman–Crippen LogP) is 2.07. The van der Waals surface area contributed by atoms with E-state index in [9.17, 15) is 12.8 Å². The van der Waals surface area contributed by atoms with E-state index in [1.165, 1.54) is 23.5 Å². The molecule has 1 rings (SSSR count). The number of halogens is 1. The van der Waals surface area contributed by atoms with Crippen LogP contribution in [0.1, 0.15) is 32.4 Å². The Balaban J connectivity index is 2.91. The molecule has 0 bridgehead atoms. The van der Waals surface area contributed by atoms with Gasteiger partial charge in [0.15, 0.2) is 11.6 Å². The summed E-state index contributed by atoms with van der Waals surface area (Å²) in [6.07, 6.45) is 0. The third-order valence-electron chi connectivity index (χ3n) is 3.05. The molecule has 20 heavy (non-hydrogen) atoms. The first kappa shape index (κ1) is 16.9. The summed E-state index contributed by atoms with van der Waals surface area (Å²) in [7, 11) is -2.19. The van der Waals surface area contributed by atoms with Crippen LogP contribution >= 0.6 is 0 Å². The number of nitrogens with one attached hydrogen (secondary N) is 1. The van der Waals surface area contributed by atoms with Gasteiger partial charge >= 0.3 is 0 Å². The molecule has 1 aromatic rings. The molecule has 1 N–H and O–H groups in total. The summed E-state index contributed by atoms with van der Waals surface area (Å²) >= 11 is 0. The summed E-state index contributed by atoms with van der Waals surface area (Å²) in [5.41, 5.74) is 0.541. The molecule has 7 heteroatoms. The Bertz CT molecular complexity index is 545. The first-order chi connectivity index (χ1) is 9.35. The minimum Gasteiger partial charge on any atom is -0.494 e. The van der Waals surface area contributed by atoms with Crippen molar-refractivity contribution in [2.75, 3.05) is 20.2 Å². The van der Waals surface area contributed by atoms with Crippen molar-refractivity contribution in [3.63, 3.8) is 0 Å². The lowest BCUT2D eigenvalue weighted by atomic mass is 10.1. The molecule has 1 aromatic carbocycles. The number of benzene rings is 1. The summed E-state index contributed by atoms with van der Waals surface area (Å²) in [6, 6.07) is 3.86. The Morgan fingerprint density at radius 3 is 2.40 bits per heavy atom. The Morgan fingerprint density at radius 1 is 1.35 bits per heavy atom. The maximum absolute atomic E-state index is 13.6. The number of ether oxygens (including phenoxy) is 1. The Hall–Kier alpha value is -1.18. The highest BCUT2D eigenvalue weighted by Gasteiger charge is 2.22. The van der Waals surface area contributed by atoms with Crippen LogP contribution < -0.4 is 9.46 Å². The van der Waals surface area contributed by atoms with E-state index in [-0.39, 0.29) is 5.75 Å². The fourth-order valence-electron chi connectivity index (χ4n) is 1.88. The zero-order valence-electron chi connectivity index (χ0n) is 12.2. The minimum atomic E-state index is -3.57. The summed E-state index contributed by atoms with van der Waals surface area (Å²) in [4.78, 5) is 0. The van der Waals surface area contributed by atoms with Crippen molar-refractivity contribution >= 4 is 10.2 Å². The van der Waals surface area contributed by atoms with Crippen LogP contribution in [0.2, 0.25) is 0 Å². The van der Waals surface area contributed by atoms with E-state index in [1.54, 1.807) is 26.8 Å². The molecule has 114 valence electrons. The molecule has 0 saturated heterocycles. The molecule has 0 fully saturated rings. The van der Waals surface area contributed by atoms with Gasteiger partial charge in [-0.05, 0) is 24.6 Å². The van der Waals surface area contributed by atoms with E-state index >= 15 is 0 Å².